The zero-order valence-electron chi connectivity index (χ0n) is 16.0. The topological polar surface area (TPSA) is 66.8 Å². The number of aromatic hydroxyl groups is 1. The van der Waals surface area contributed by atoms with E-state index in [-0.39, 0.29) is 11.9 Å². The zero-order valence-corrected chi connectivity index (χ0v) is 17.5. The summed E-state index contributed by atoms with van der Waals surface area (Å²) in [6.07, 6.45) is 3.84. The molecule has 150 valence electrons. The molecule has 8 heteroatoms. The van der Waals surface area contributed by atoms with Gasteiger partial charge in [-0.2, -0.15) is 9.50 Å². The van der Waals surface area contributed by atoms with Crippen LogP contribution in [0, 0.1) is 5.92 Å². The molecule has 0 amide bonds. The number of halogens is 1. The smallest absolute Gasteiger partial charge is 0.230 e. The molecule has 0 saturated carbocycles. The molecule has 0 unspecified atom stereocenters. The van der Waals surface area contributed by atoms with Gasteiger partial charge < -0.3 is 9.52 Å². The summed E-state index contributed by atoms with van der Waals surface area (Å²) in [5, 5.41) is 16.2. The standard InChI is InChI=1S/C21H21ClN4O2S/c1-13-8-10-25(11-9-13)17(14-5-2-3-6-15(14)22)18-20(27)26-21(29-18)23-19(24-26)16-7-4-12-28-16/h2-7,12-13,17,27H,8-11H2,1H3/t17-/m0/s1. The highest BCUT2D eigenvalue weighted by molar-refractivity contribution is 7.17. The lowest BCUT2D eigenvalue weighted by atomic mass is 9.95. The number of fused-ring (bicyclic) bond motifs is 1. The zero-order chi connectivity index (χ0) is 20.0. The molecule has 29 heavy (non-hydrogen) atoms. The van der Waals surface area contributed by atoms with Crippen LogP contribution >= 0.6 is 22.9 Å². The first kappa shape index (κ1) is 18.7. The second kappa shape index (κ2) is 7.48. The van der Waals surface area contributed by atoms with Crippen LogP contribution in [0.15, 0.2) is 47.1 Å². The lowest BCUT2D eigenvalue weighted by Gasteiger charge is -2.36. The molecule has 0 aliphatic carbocycles. The Morgan fingerprint density at radius 3 is 2.69 bits per heavy atom. The highest BCUT2D eigenvalue weighted by Crippen LogP contribution is 2.43. The summed E-state index contributed by atoms with van der Waals surface area (Å²) in [5.41, 5.74) is 0.995. The number of aromatic nitrogens is 3. The van der Waals surface area contributed by atoms with Gasteiger partial charge in [-0.3, -0.25) is 4.90 Å². The Balaban J connectivity index is 1.60. The highest BCUT2D eigenvalue weighted by atomic mass is 35.5. The Morgan fingerprint density at radius 1 is 1.21 bits per heavy atom. The summed E-state index contributed by atoms with van der Waals surface area (Å²) in [6, 6.07) is 11.3. The molecule has 1 aliphatic heterocycles. The molecule has 0 spiro atoms. The fraction of sp³-hybridized carbons (Fsp3) is 0.333. The maximum absolute atomic E-state index is 11.1. The number of benzene rings is 1. The minimum absolute atomic E-state index is 0.110. The summed E-state index contributed by atoms with van der Waals surface area (Å²) in [6.45, 7) is 4.21. The van der Waals surface area contributed by atoms with E-state index < -0.39 is 0 Å². The van der Waals surface area contributed by atoms with E-state index in [4.69, 9.17) is 16.0 Å². The molecule has 1 aromatic carbocycles. The molecular weight excluding hydrogens is 408 g/mol. The van der Waals surface area contributed by atoms with Crippen molar-refractivity contribution in [1.82, 2.24) is 19.5 Å². The molecule has 5 rings (SSSR count). The number of hydrogen-bond donors (Lipinski definition) is 1. The minimum Gasteiger partial charge on any atom is -0.492 e. The molecule has 6 nitrogen and oxygen atoms in total. The Hall–Kier alpha value is -2.35. The molecule has 1 N–H and O–H groups in total. The second-order valence-electron chi connectivity index (χ2n) is 7.54. The minimum atomic E-state index is -0.128. The molecule has 0 radical (unpaired) electrons. The van der Waals surface area contributed by atoms with Gasteiger partial charge in [0, 0.05) is 5.02 Å². The fourth-order valence-electron chi connectivity index (χ4n) is 3.93. The van der Waals surface area contributed by atoms with Crippen molar-refractivity contribution in [3.63, 3.8) is 0 Å². The van der Waals surface area contributed by atoms with E-state index in [0.717, 1.165) is 36.4 Å². The van der Waals surface area contributed by atoms with Crippen LogP contribution in [0.4, 0.5) is 0 Å². The summed E-state index contributed by atoms with van der Waals surface area (Å²) in [5.74, 6) is 1.86. The van der Waals surface area contributed by atoms with Gasteiger partial charge in [-0.05, 0) is 55.6 Å². The van der Waals surface area contributed by atoms with Gasteiger partial charge in [0.05, 0.1) is 17.2 Å². The van der Waals surface area contributed by atoms with Crippen molar-refractivity contribution >= 4 is 27.9 Å². The van der Waals surface area contributed by atoms with E-state index in [1.165, 1.54) is 15.9 Å². The van der Waals surface area contributed by atoms with Crippen LogP contribution in [-0.2, 0) is 0 Å². The van der Waals surface area contributed by atoms with E-state index in [1.54, 1.807) is 18.4 Å². The van der Waals surface area contributed by atoms with Crippen LogP contribution in [0.5, 0.6) is 5.88 Å². The van der Waals surface area contributed by atoms with Crippen molar-refractivity contribution in [1.29, 1.82) is 0 Å². The van der Waals surface area contributed by atoms with Crippen LogP contribution in [0.25, 0.3) is 16.5 Å². The normalized spacial score (nSPS) is 17.2. The van der Waals surface area contributed by atoms with Crippen LogP contribution in [0.2, 0.25) is 5.02 Å². The Morgan fingerprint density at radius 2 is 2.00 bits per heavy atom. The SMILES string of the molecule is CC1CCN([C@@H](c2ccccc2Cl)c2sc3nc(-c4ccco4)nn3c2O)CC1. The highest BCUT2D eigenvalue weighted by Gasteiger charge is 2.32. The maximum Gasteiger partial charge on any atom is 0.230 e. The Labute approximate surface area is 177 Å². The van der Waals surface area contributed by atoms with Crippen molar-refractivity contribution in [3.8, 4) is 17.5 Å². The third kappa shape index (κ3) is 3.33. The fourth-order valence-corrected chi connectivity index (χ4v) is 5.27. The maximum atomic E-state index is 11.1. The molecule has 4 aromatic rings. The number of piperidine rings is 1. The van der Waals surface area contributed by atoms with Gasteiger partial charge in [0.15, 0.2) is 5.76 Å². The van der Waals surface area contributed by atoms with Crippen molar-refractivity contribution in [2.24, 2.45) is 5.92 Å². The number of nitrogens with zero attached hydrogens (tertiary/aromatic N) is 4. The number of hydrogen-bond acceptors (Lipinski definition) is 6. The second-order valence-corrected chi connectivity index (χ2v) is 8.96. The van der Waals surface area contributed by atoms with Crippen molar-refractivity contribution in [2.75, 3.05) is 13.1 Å². The average molecular weight is 429 g/mol. The third-order valence-corrected chi connectivity index (χ3v) is 6.99. The molecule has 1 saturated heterocycles. The van der Waals surface area contributed by atoms with Crippen LogP contribution in [0.3, 0.4) is 0 Å². The summed E-state index contributed by atoms with van der Waals surface area (Å²) < 4.78 is 6.88. The lowest BCUT2D eigenvalue weighted by molar-refractivity contribution is 0.157. The van der Waals surface area contributed by atoms with Gasteiger partial charge in [-0.15, -0.1) is 5.10 Å². The van der Waals surface area contributed by atoms with Gasteiger partial charge >= 0.3 is 0 Å². The first-order valence-electron chi connectivity index (χ1n) is 9.72. The Kier molecular flexibility index (Phi) is 4.81. The third-order valence-electron chi connectivity index (χ3n) is 5.57. The predicted molar refractivity (Wildman–Crippen MR) is 113 cm³/mol. The number of furan rings is 1. The van der Waals surface area contributed by atoms with Gasteiger partial charge in [-0.25, -0.2) is 0 Å². The van der Waals surface area contributed by atoms with E-state index in [0.29, 0.717) is 27.5 Å². The molecule has 4 heterocycles. The molecule has 3 aromatic heterocycles. The largest absolute Gasteiger partial charge is 0.492 e. The summed E-state index contributed by atoms with van der Waals surface area (Å²) in [7, 11) is 0. The van der Waals surface area contributed by atoms with Crippen LogP contribution in [0.1, 0.15) is 36.2 Å². The molecule has 1 aliphatic rings. The quantitative estimate of drug-likeness (QED) is 0.482. The van der Waals surface area contributed by atoms with Gasteiger partial charge in [0.25, 0.3) is 0 Å². The number of thiazole rings is 1. The first-order valence-corrected chi connectivity index (χ1v) is 10.9. The van der Waals surface area contributed by atoms with Gasteiger partial charge in [0.1, 0.15) is 0 Å². The molecular formula is C21H21ClN4O2S. The van der Waals surface area contributed by atoms with E-state index in [9.17, 15) is 5.11 Å². The van der Waals surface area contributed by atoms with Gasteiger partial charge in [-0.1, -0.05) is 48.1 Å². The van der Waals surface area contributed by atoms with E-state index in [2.05, 4.69) is 21.9 Å². The van der Waals surface area contributed by atoms with Crippen molar-refractivity contribution < 1.29 is 9.52 Å². The summed E-state index contributed by atoms with van der Waals surface area (Å²) >= 11 is 8.03. The van der Waals surface area contributed by atoms with Gasteiger partial charge in [0.2, 0.25) is 16.7 Å². The van der Waals surface area contributed by atoms with Crippen molar-refractivity contribution in [3.05, 3.63) is 58.1 Å². The van der Waals surface area contributed by atoms with E-state index in [1.807, 2.05) is 24.3 Å². The predicted octanol–water partition coefficient (Wildman–Crippen LogP) is 5.23. The molecule has 1 fully saturated rings. The monoisotopic (exact) mass is 428 g/mol. The first-order chi connectivity index (χ1) is 14.1. The van der Waals surface area contributed by atoms with Crippen molar-refractivity contribution in [2.45, 2.75) is 25.8 Å². The molecule has 1 atom stereocenters. The van der Waals surface area contributed by atoms with E-state index >= 15 is 0 Å². The molecule has 0 bridgehead atoms. The average Bonchev–Trinajstić information content (AvgIpc) is 3.44. The Bertz CT molecular complexity index is 1130. The lowest BCUT2D eigenvalue weighted by Crippen LogP contribution is -2.36. The van der Waals surface area contributed by atoms with Crippen LogP contribution in [-0.4, -0.2) is 37.7 Å². The number of likely N-dealkylation sites (tertiary alicyclic amines) is 1. The van der Waals surface area contributed by atoms with Crippen LogP contribution < -0.4 is 0 Å². The summed E-state index contributed by atoms with van der Waals surface area (Å²) in [4.78, 5) is 8.40. The number of rotatable bonds is 4.